The second-order valence-electron chi connectivity index (χ2n) is 6.55. The molecule has 6 nitrogen and oxygen atoms in total. The molecule has 134 valence electrons. The van der Waals surface area contributed by atoms with Crippen LogP contribution in [0.25, 0.3) is 0 Å². The quantitative estimate of drug-likeness (QED) is 0.803. The SMILES string of the molecule is C[C@@H](c1ccccc1)N(C)C(=O)CN1CCO[C@H](Cn2cccn2)C1. The molecular formula is C19H26N4O2. The minimum Gasteiger partial charge on any atom is -0.374 e. The first-order valence-corrected chi connectivity index (χ1v) is 8.75. The van der Waals surface area contributed by atoms with Crippen molar-refractivity contribution in [2.75, 3.05) is 33.3 Å². The standard InChI is InChI=1S/C19H26N4O2/c1-16(17-7-4-3-5-8-17)21(2)19(24)15-22-11-12-25-18(13-22)14-23-10-6-9-20-23/h3-10,16,18H,11-15H2,1-2H3/t16-,18-/m0/s1. The van der Waals surface area contributed by atoms with Crippen LogP contribution in [-0.2, 0) is 16.1 Å². The molecule has 0 N–H and O–H groups in total. The zero-order valence-electron chi connectivity index (χ0n) is 14.9. The third kappa shape index (κ3) is 4.67. The van der Waals surface area contributed by atoms with E-state index in [-0.39, 0.29) is 18.1 Å². The van der Waals surface area contributed by atoms with E-state index >= 15 is 0 Å². The molecule has 0 radical (unpaired) electrons. The molecule has 1 aliphatic rings. The normalized spacial score (nSPS) is 19.5. The van der Waals surface area contributed by atoms with E-state index < -0.39 is 0 Å². The van der Waals surface area contributed by atoms with Crippen LogP contribution in [0, 0.1) is 0 Å². The van der Waals surface area contributed by atoms with E-state index in [9.17, 15) is 4.79 Å². The minimum atomic E-state index is 0.0645. The van der Waals surface area contributed by atoms with Crippen LogP contribution in [0.1, 0.15) is 18.5 Å². The van der Waals surface area contributed by atoms with Crippen molar-refractivity contribution in [2.24, 2.45) is 0 Å². The number of amides is 1. The van der Waals surface area contributed by atoms with Crippen molar-refractivity contribution in [1.82, 2.24) is 19.6 Å². The Bertz CT molecular complexity index is 659. The maximum atomic E-state index is 12.7. The van der Waals surface area contributed by atoms with Crippen molar-refractivity contribution >= 4 is 5.91 Å². The Balaban J connectivity index is 1.53. The van der Waals surface area contributed by atoms with Crippen molar-refractivity contribution in [3.8, 4) is 0 Å². The molecule has 25 heavy (non-hydrogen) atoms. The number of hydrogen-bond donors (Lipinski definition) is 0. The highest BCUT2D eigenvalue weighted by Gasteiger charge is 2.25. The summed E-state index contributed by atoms with van der Waals surface area (Å²) in [6.07, 6.45) is 3.77. The number of hydrogen-bond acceptors (Lipinski definition) is 4. The number of carbonyl (C=O) groups is 1. The molecule has 1 aliphatic heterocycles. The van der Waals surface area contributed by atoms with Gasteiger partial charge in [0.1, 0.15) is 0 Å². The zero-order chi connectivity index (χ0) is 17.6. The van der Waals surface area contributed by atoms with Gasteiger partial charge in [0.05, 0.1) is 31.8 Å². The molecule has 2 heterocycles. The van der Waals surface area contributed by atoms with Crippen molar-refractivity contribution < 1.29 is 9.53 Å². The molecule has 1 amide bonds. The fourth-order valence-corrected chi connectivity index (χ4v) is 3.13. The van der Waals surface area contributed by atoms with Gasteiger partial charge in [0, 0.05) is 32.5 Å². The van der Waals surface area contributed by atoms with Crippen LogP contribution in [-0.4, -0.2) is 64.9 Å². The third-order valence-corrected chi connectivity index (χ3v) is 4.79. The van der Waals surface area contributed by atoms with E-state index in [1.54, 1.807) is 6.20 Å². The summed E-state index contributed by atoms with van der Waals surface area (Å²) in [5.74, 6) is 0.135. The van der Waals surface area contributed by atoms with Gasteiger partial charge in [-0.25, -0.2) is 0 Å². The second kappa shape index (κ2) is 8.27. The average molecular weight is 342 g/mol. The summed E-state index contributed by atoms with van der Waals surface area (Å²) in [5.41, 5.74) is 1.15. The lowest BCUT2D eigenvalue weighted by Gasteiger charge is -2.34. The van der Waals surface area contributed by atoms with Crippen molar-refractivity contribution in [1.29, 1.82) is 0 Å². The Morgan fingerprint density at radius 2 is 2.16 bits per heavy atom. The highest BCUT2D eigenvalue weighted by Crippen LogP contribution is 2.18. The topological polar surface area (TPSA) is 50.6 Å². The third-order valence-electron chi connectivity index (χ3n) is 4.79. The monoisotopic (exact) mass is 342 g/mol. The average Bonchev–Trinajstić information content (AvgIpc) is 3.14. The smallest absolute Gasteiger partial charge is 0.236 e. The number of nitrogens with zero attached hydrogens (tertiary/aromatic N) is 4. The molecule has 1 fully saturated rings. The highest BCUT2D eigenvalue weighted by atomic mass is 16.5. The summed E-state index contributed by atoms with van der Waals surface area (Å²) in [6.45, 7) is 5.39. The molecule has 0 unspecified atom stereocenters. The van der Waals surface area contributed by atoms with Crippen LogP contribution in [0.4, 0.5) is 0 Å². The number of benzene rings is 1. The van der Waals surface area contributed by atoms with E-state index in [0.29, 0.717) is 19.7 Å². The summed E-state index contributed by atoms with van der Waals surface area (Å²) in [5, 5.41) is 4.22. The van der Waals surface area contributed by atoms with Gasteiger partial charge < -0.3 is 9.64 Å². The van der Waals surface area contributed by atoms with Crippen molar-refractivity contribution in [3.05, 3.63) is 54.4 Å². The van der Waals surface area contributed by atoms with Gasteiger partial charge >= 0.3 is 0 Å². The summed E-state index contributed by atoms with van der Waals surface area (Å²) in [7, 11) is 1.88. The van der Waals surface area contributed by atoms with E-state index in [4.69, 9.17) is 4.74 Å². The van der Waals surface area contributed by atoms with E-state index in [1.165, 1.54) is 0 Å². The van der Waals surface area contributed by atoms with Gasteiger partial charge in [-0.2, -0.15) is 5.10 Å². The van der Waals surface area contributed by atoms with E-state index in [0.717, 1.165) is 18.7 Å². The van der Waals surface area contributed by atoms with Crippen LogP contribution in [0.2, 0.25) is 0 Å². The summed E-state index contributed by atoms with van der Waals surface area (Å²) in [4.78, 5) is 16.7. The Labute approximate surface area is 149 Å². The van der Waals surface area contributed by atoms with Gasteiger partial charge in [-0.15, -0.1) is 0 Å². The molecule has 3 rings (SSSR count). The van der Waals surface area contributed by atoms with Crippen LogP contribution in [0.15, 0.2) is 48.8 Å². The number of rotatable bonds is 6. The maximum absolute atomic E-state index is 12.7. The number of morpholine rings is 1. The lowest BCUT2D eigenvalue weighted by molar-refractivity contribution is -0.135. The van der Waals surface area contributed by atoms with Crippen molar-refractivity contribution in [2.45, 2.75) is 25.6 Å². The number of ether oxygens (including phenoxy) is 1. The number of carbonyl (C=O) groups excluding carboxylic acids is 1. The molecule has 1 saturated heterocycles. The molecular weight excluding hydrogens is 316 g/mol. The van der Waals surface area contributed by atoms with E-state index in [2.05, 4.69) is 29.1 Å². The fourth-order valence-electron chi connectivity index (χ4n) is 3.13. The molecule has 1 aromatic carbocycles. The molecule has 6 heteroatoms. The molecule has 0 spiro atoms. The second-order valence-corrected chi connectivity index (χ2v) is 6.55. The summed E-state index contributed by atoms with van der Waals surface area (Å²) >= 11 is 0. The van der Waals surface area contributed by atoms with Crippen LogP contribution < -0.4 is 0 Å². The minimum absolute atomic E-state index is 0.0645. The van der Waals surface area contributed by atoms with Gasteiger partial charge in [0.25, 0.3) is 0 Å². The molecule has 0 aliphatic carbocycles. The fraction of sp³-hybridized carbons (Fsp3) is 0.474. The predicted octanol–water partition coefficient (Wildman–Crippen LogP) is 1.80. The largest absolute Gasteiger partial charge is 0.374 e. The Morgan fingerprint density at radius 1 is 1.36 bits per heavy atom. The molecule has 2 aromatic rings. The van der Waals surface area contributed by atoms with Crippen LogP contribution in [0.3, 0.4) is 0 Å². The lowest BCUT2D eigenvalue weighted by Crippen LogP contribution is -2.48. The first-order valence-electron chi connectivity index (χ1n) is 8.75. The van der Waals surface area contributed by atoms with Gasteiger partial charge in [-0.1, -0.05) is 30.3 Å². The molecule has 2 atom stereocenters. The van der Waals surface area contributed by atoms with Gasteiger partial charge in [0.2, 0.25) is 5.91 Å². The predicted molar refractivity (Wildman–Crippen MR) is 96.0 cm³/mol. The van der Waals surface area contributed by atoms with Gasteiger partial charge in [-0.05, 0) is 18.6 Å². The van der Waals surface area contributed by atoms with Gasteiger partial charge in [-0.3, -0.25) is 14.4 Å². The Kier molecular flexibility index (Phi) is 5.83. The highest BCUT2D eigenvalue weighted by molar-refractivity contribution is 5.78. The Morgan fingerprint density at radius 3 is 2.88 bits per heavy atom. The number of aromatic nitrogens is 2. The van der Waals surface area contributed by atoms with Gasteiger partial charge in [0.15, 0.2) is 0 Å². The Hall–Kier alpha value is -2.18. The summed E-state index contributed by atoms with van der Waals surface area (Å²) in [6, 6.07) is 12.1. The molecule has 0 bridgehead atoms. The first kappa shape index (κ1) is 17.6. The van der Waals surface area contributed by atoms with Crippen LogP contribution >= 0.6 is 0 Å². The van der Waals surface area contributed by atoms with Crippen LogP contribution in [0.5, 0.6) is 0 Å². The molecule has 0 saturated carbocycles. The summed E-state index contributed by atoms with van der Waals surface area (Å²) < 4.78 is 7.69. The maximum Gasteiger partial charge on any atom is 0.236 e. The zero-order valence-corrected chi connectivity index (χ0v) is 14.9. The van der Waals surface area contributed by atoms with Crippen molar-refractivity contribution in [3.63, 3.8) is 0 Å². The number of likely N-dealkylation sites (N-methyl/N-ethyl adjacent to an activating group) is 1. The lowest BCUT2D eigenvalue weighted by atomic mass is 10.1. The van der Waals surface area contributed by atoms with E-state index in [1.807, 2.05) is 47.1 Å². The molecule has 1 aromatic heterocycles. The first-order chi connectivity index (χ1) is 12.1.